The molecular weight excluding hydrogens is 246 g/mol. The van der Waals surface area contributed by atoms with Gasteiger partial charge in [0.15, 0.2) is 0 Å². The normalized spacial score (nSPS) is 13.6. The Morgan fingerprint density at radius 3 is 2.53 bits per heavy atom. The molecule has 0 aromatic rings. The van der Waals surface area contributed by atoms with Crippen LogP contribution in [0.25, 0.3) is 0 Å². The molecule has 0 aromatic heterocycles. The van der Waals surface area contributed by atoms with Crippen LogP contribution >= 0.6 is 0 Å². The summed E-state index contributed by atoms with van der Waals surface area (Å²) < 4.78 is 5.04. The highest BCUT2D eigenvalue weighted by atomic mass is 16.5. The molecule has 0 bridgehead atoms. The molecule has 0 aliphatic carbocycles. The van der Waals surface area contributed by atoms with Crippen molar-refractivity contribution in [1.82, 2.24) is 4.90 Å². The number of carbonyl (C=O) groups is 1. The molecule has 112 valence electrons. The molecule has 1 amide bonds. The molecule has 6 heteroatoms. The van der Waals surface area contributed by atoms with E-state index in [2.05, 4.69) is 19.0 Å². The van der Waals surface area contributed by atoms with Crippen LogP contribution in [0.1, 0.15) is 33.6 Å². The van der Waals surface area contributed by atoms with E-state index in [9.17, 15) is 4.79 Å². The Morgan fingerprint density at radius 2 is 2.05 bits per heavy atom. The van der Waals surface area contributed by atoms with Crippen LogP contribution in [0.4, 0.5) is 0 Å². The van der Waals surface area contributed by atoms with Crippen molar-refractivity contribution in [2.24, 2.45) is 22.7 Å². The van der Waals surface area contributed by atoms with Gasteiger partial charge in [0, 0.05) is 39.6 Å². The molecule has 0 fully saturated rings. The number of rotatable bonds is 9. The smallest absolute Gasteiger partial charge is 0.222 e. The first-order chi connectivity index (χ1) is 8.90. The highest BCUT2D eigenvalue weighted by Gasteiger charge is 2.18. The van der Waals surface area contributed by atoms with Crippen LogP contribution < -0.4 is 5.73 Å². The summed E-state index contributed by atoms with van der Waals surface area (Å²) in [6.45, 7) is 7.83. The van der Waals surface area contributed by atoms with E-state index in [1.807, 2.05) is 6.92 Å². The molecule has 0 aliphatic rings. The zero-order chi connectivity index (χ0) is 14.8. The third-order valence-corrected chi connectivity index (χ3v) is 2.68. The monoisotopic (exact) mass is 273 g/mol. The Labute approximate surface area is 115 Å². The van der Waals surface area contributed by atoms with Crippen molar-refractivity contribution in [2.45, 2.75) is 33.6 Å². The lowest BCUT2D eigenvalue weighted by atomic mass is 10.1. The third-order valence-electron chi connectivity index (χ3n) is 2.68. The van der Waals surface area contributed by atoms with Gasteiger partial charge in [-0.3, -0.25) is 4.79 Å². The largest absolute Gasteiger partial charge is 0.409 e. The summed E-state index contributed by atoms with van der Waals surface area (Å²) in [6, 6.07) is 0. The second-order valence-electron chi connectivity index (χ2n) is 5.34. The second-order valence-corrected chi connectivity index (χ2v) is 5.34. The minimum Gasteiger partial charge on any atom is -0.409 e. The van der Waals surface area contributed by atoms with Crippen LogP contribution in [0.3, 0.4) is 0 Å². The summed E-state index contributed by atoms with van der Waals surface area (Å²) in [4.78, 5) is 14.0. The lowest BCUT2D eigenvalue weighted by Gasteiger charge is -2.25. The molecule has 1 atom stereocenters. The maximum Gasteiger partial charge on any atom is 0.222 e. The van der Waals surface area contributed by atoms with Crippen molar-refractivity contribution in [2.75, 3.05) is 26.8 Å². The fourth-order valence-electron chi connectivity index (χ4n) is 1.83. The van der Waals surface area contributed by atoms with Gasteiger partial charge in [0.25, 0.3) is 0 Å². The van der Waals surface area contributed by atoms with E-state index in [1.165, 1.54) is 0 Å². The molecule has 0 rings (SSSR count). The fourth-order valence-corrected chi connectivity index (χ4v) is 1.83. The highest BCUT2D eigenvalue weighted by molar-refractivity contribution is 5.81. The number of hydrogen-bond acceptors (Lipinski definition) is 4. The predicted molar refractivity (Wildman–Crippen MR) is 75.1 cm³/mol. The predicted octanol–water partition coefficient (Wildman–Crippen LogP) is 1.28. The zero-order valence-corrected chi connectivity index (χ0v) is 12.4. The summed E-state index contributed by atoms with van der Waals surface area (Å²) in [5.41, 5.74) is 5.44. The number of carbonyl (C=O) groups excluding carboxylic acids is 1. The first-order valence-corrected chi connectivity index (χ1v) is 6.63. The highest BCUT2D eigenvalue weighted by Crippen LogP contribution is 2.09. The minimum absolute atomic E-state index is 0.0870. The van der Waals surface area contributed by atoms with Crippen molar-refractivity contribution in [3.63, 3.8) is 0 Å². The molecule has 0 saturated heterocycles. The van der Waals surface area contributed by atoms with Crippen LogP contribution in [0.5, 0.6) is 0 Å². The summed E-state index contributed by atoms with van der Waals surface area (Å²) in [5.74, 6) is 0.806. The van der Waals surface area contributed by atoms with Gasteiger partial charge in [-0.1, -0.05) is 25.9 Å². The molecule has 0 aliphatic heterocycles. The van der Waals surface area contributed by atoms with Gasteiger partial charge >= 0.3 is 0 Å². The van der Waals surface area contributed by atoms with E-state index in [1.54, 1.807) is 12.0 Å². The molecule has 0 heterocycles. The molecule has 0 radical (unpaired) electrons. The van der Waals surface area contributed by atoms with Gasteiger partial charge in [0.2, 0.25) is 5.91 Å². The number of nitrogens with two attached hydrogens (primary N) is 1. The third kappa shape index (κ3) is 8.42. The van der Waals surface area contributed by atoms with Crippen molar-refractivity contribution >= 4 is 11.7 Å². The number of oxime groups is 1. The number of amides is 1. The van der Waals surface area contributed by atoms with E-state index < -0.39 is 0 Å². The summed E-state index contributed by atoms with van der Waals surface area (Å²) in [5, 5.41) is 11.5. The maximum atomic E-state index is 12.2. The van der Waals surface area contributed by atoms with Gasteiger partial charge in [-0.2, -0.15) is 0 Å². The lowest BCUT2D eigenvalue weighted by molar-refractivity contribution is -0.132. The number of nitrogens with zero attached hydrogens (tertiary/aromatic N) is 2. The fraction of sp³-hybridized carbons (Fsp3) is 0.846. The van der Waals surface area contributed by atoms with Gasteiger partial charge in [0.05, 0.1) is 0 Å². The summed E-state index contributed by atoms with van der Waals surface area (Å²) in [6.07, 6.45) is 0.838. The van der Waals surface area contributed by atoms with E-state index >= 15 is 0 Å². The Balaban J connectivity index is 4.42. The zero-order valence-electron chi connectivity index (χ0n) is 12.4. The van der Waals surface area contributed by atoms with Crippen LogP contribution in [0, 0.1) is 11.8 Å². The molecular formula is C13H27N3O3. The number of amidine groups is 1. The van der Waals surface area contributed by atoms with Crippen LogP contribution in [-0.4, -0.2) is 48.7 Å². The Morgan fingerprint density at radius 1 is 1.42 bits per heavy atom. The van der Waals surface area contributed by atoms with Crippen molar-refractivity contribution in [3.05, 3.63) is 0 Å². The first-order valence-electron chi connectivity index (χ1n) is 6.63. The Hall–Kier alpha value is -1.30. The van der Waals surface area contributed by atoms with E-state index in [4.69, 9.17) is 15.7 Å². The van der Waals surface area contributed by atoms with Crippen molar-refractivity contribution in [3.8, 4) is 0 Å². The first kappa shape index (κ1) is 17.7. The molecule has 0 aromatic carbocycles. The quantitative estimate of drug-likeness (QED) is 0.287. The molecule has 1 unspecified atom stereocenters. The SMILES string of the molecule is COCC(C)CC(=O)N(CCC(N)=NO)CC(C)C. The number of hydrogen-bond donors (Lipinski definition) is 2. The molecule has 3 N–H and O–H groups in total. The lowest BCUT2D eigenvalue weighted by Crippen LogP contribution is -2.37. The van der Waals surface area contributed by atoms with Gasteiger partial charge in [0.1, 0.15) is 5.84 Å². The minimum atomic E-state index is 0.0870. The summed E-state index contributed by atoms with van der Waals surface area (Å²) >= 11 is 0. The van der Waals surface area contributed by atoms with Crippen molar-refractivity contribution in [1.29, 1.82) is 0 Å². The second kappa shape index (κ2) is 9.61. The maximum absolute atomic E-state index is 12.2. The van der Waals surface area contributed by atoms with Gasteiger partial charge in [-0.05, 0) is 11.8 Å². The van der Waals surface area contributed by atoms with Crippen LogP contribution in [-0.2, 0) is 9.53 Å². The average molecular weight is 273 g/mol. The molecule has 0 spiro atoms. The van der Waals surface area contributed by atoms with E-state index in [0.29, 0.717) is 38.5 Å². The van der Waals surface area contributed by atoms with E-state index in [0.717, 1.165) is 0 Å². The number of ether oxygens (including phenoxy) is 1. The van der Waals surface area contributed by atoms with Gasteiger partial charge in [-0.25, -0.2) is 0 Å². The van der Waals surface area contributed by atoms with Crippen LogP contribution in [0.2, 0.25) is 0 Å². The topological polar surface area (TPSA) is 88.2 Å². The van der Waals surface area contributed by atoms with Crippen LogP contribution in [0.15, 0.2) is 5.16 Å². The van der Waals surface area contributed by atoms with Gasteiger partial charge in [-0.15, -0.1) is 0 Å². The van der Waals surface area contributed by atoms with E-state index in [-0.39, 0.29) is 17.7 Å². The molecule has 19 heavy (non-hydrogen) atoms. The van der Waals surface area contributed by atoms with Gasteiger partial charge < -0.3 is 20.6 Å². The average Bonchev–Trinajstić information content (AvgIpc) is 2.33. The Bertz CT molecular complexity index is 293. The number of methoxy groups -OCH3 is 1. The molecule has 6 nitrogen and oxygen atoms in total. The summed E-state index contributed by atoms with van der Waals surface area (Å²) in [7, 11) is 1.63. The Kier molecular flexibility index (Phi) is 8.95. The standard InChI is InChI=1S/C13H27N3O3/c1-10(2)8-16(6-5-12(14)15-18)13(17)7-11(3)9-19-4/h10-11,18H,5-9H2,1-4H3,(H2,14,15). The molecule has 0 saturated carbocycles. The van der Waals surface area contributed by atoms with Crippen molar-refractivity contribution < 1.29 is 14.7 Å².